The zero-order valence-electron chi connectivity index (χ0n) is 18.2. The molecule has 0 aliphatic carbocycles. The average molecular weight is 494 g/mol. The van der Waals surface area contributed by atoms with Crippen molar-refractivity contribution in [3.05, 3.63) is 101 Å². The maximum atomic E-state index is 12.8. The van der Waals surface area contributed by atoms with Crippen LogP contribution in [0.5, 0.6) is 0 Å². The Balaban J connectivity index is 1.39. The number of hydrogen-bond acceptors (Lipinski definition) is 5. The van der Waals surface area contributed by atoms with Gasteiger partial charge in [0.2, 0.25) is 0 Å². The van der Waals surface area contributed by atoms with Gasteiger partial charge in [0.15, 0.2) is 5.82 Å². The Labute approximate surface area is 203 Å². The highest BCUT2D eigenvalue weighted by Crippen LogP contribution is 2.29. The number of amides is 1. The first-order valence-corrected chi connectivity index (χ1v) is 11.4. The van der Waals surface area contributed by atoms with Gasteiger partial charge in [-0.05, 0) is 52.9 Å². The van der Waals surface area contributed by atoms with Crippen LogP contribution in [-0.4, -0.2) is 32.7 Å². The number of carbonyl (C=O) groups excluding carboxylic acids is 1. The van der Waals surface area contributed by atoms with E-state index in [1.54, 1.807) is 16.8 Å². The number of halogens is 3. The van der Waals surface area contributed by atoms with Crippen molar-refractivity contribution in [2.45, 2.75) is 16.8 Å². The van der Waals surface area contributed by atoms with E-state index in [0.717, 1.165) is 22.7 Å². The first kappa shape index (κ1) is 24.0. The minimum absolute atomic E-state index is 0.0136. The summed E-state index contributed by atoms with van der Waals surface area (Å²) in [6.45, 7) is -0.0136. The second-order valence-electron chi connectivity index (χ2n) is 7.19. The third-order valence-electron chi connectivity index (χ3n) is 4.78. The lowest BCUT2D eigenvalue weighted by Crippen LogP contribution is -2.24. The summed E-state index contributed by atoms with van der Waals surface area (Å²) in [4.78, 5) is 13.5. The van der Waals surface area contributed by atoms with Gasteiger partial charge >= 0.3 is 6.18 Å². The number of nitrogens with one attached hydrogen (secondary N) is 1. The molecule has 0 radical (unpaired) electrons. The number of tetrazole rings is 1. The highest BCUT2D eigenvalue weighted by atomic mass is 32.2. The van der Waals surface area contributed by atoms with Crippen molar-refractivity contribution in [3.8, 4) is 17.5 Å². The molecule has 0 saturated carbocycles. The van der Waals surface area contributed by atoms with Gasteiger partial charge in [-0.1, -0.05) is 48.2 Å². The standard InChI is InChI=1S/C25H18F3N5OS/c26-25(27,28)19-10-6-8-18(16-19)9-7-15-29-24(34)21-13-4-5-14-22(21)35-17-23-30-31-32-33(23)20-11-2-1-3-12-20/h1-6,8,10-14,16H,15,17H2,(H,29,34). The molecule has 0 atom stereocenters. The molecule has 0 bridgehead atoms. The number of alkyl halides is 3. The van der Waals surface area contributed by atoms with Gasteiger partial charge in [-0.3, -0.25) is 4.79 Å². The molecule has 0 saturated heterocycles. The van der Waals surface area contributed by atoms with E-state index < -0.39 is 11.7 Å². The van der Waals surface area contributed by atoms with Crippen LogP contribution < -0.4 is 5.32 Å². The van der Waals surface area contributed by atoms with Crippen molar-refractivity contribution in [1.82, 2.24) is 25.5 Å². The molecule has 0 unspecified atom stereocenters. The first-order chi connectivity index (χ1) is 16.9. The number of para-hydroxylation sites is 1. The van der Waals surface area contributed by atoms with Gasteiger partial charge in [0.1, 0.15) is 0 Å². The highest BCUT2D eigenvalue weighted by Gasteiger charge is 2.30. The molecule has 3 aromatic carbocycles. The van der Waals surface area contributed by atoms with Crippen LogP contribution in [0, 0.1) is 11.8 Å². The number of thioether (sulfide) groups is 1. The average Bonchev–Trinajstić information content (AvgIpc) is 3.34. The minimum Gasteiger partial charge on any atom is -0.341 e. The number of benzene rings is 3. The molecule has 176 valence electrons. The maximum Gasteiger partial charge on any atom is 0.416 e. The SMILES string of the molecule is O=C(NCC#Cc1cccc(C(F)(F)F)c1)c1ccccc1SCc1nnnn1-c1ccccc1. The summed E-state index contributed by atoms with van der Waals surface area (Å²) in [5.41, 5.74) is 0.745. The van der Waals surface area contributed by atoms with Crippen LogP contribution in [0.15, 0.2) is 83.8 Å². The van der Waals surface area contributed by atoms with Crippen molar-refractivity contribution in [2.75, 3.05) is 6.54 Å². The molecule has 0 aliphatic heterocycles. The largest absolute Gasteiger partial charge is 0.416 e. The predicted molar refractivity (Wildman–Crippen MR) is 126 cm³/mol. The summed E-state index contributed by atoms with van der Waals surface area (Å²) in [7, 11) is 0. The van der Waals surface area contributed by atoms with Gasteiger partial charge in [0.25, 0.3) is 5.91 Å². The van der Waals surface area contributed by atoms with Crippen LogP contribution in [0.1, 0.15) is 27.3 Å². The van der Waals surface area contributed by atoms with Gasteiger partial charge in [0.05, 0.1) is 29.1 Å². The van der Waals surface area contributed by atoms with Crippen molar-refractivity contribution in [2.24, 2.45) is 0 Å². The summed E-state index contributed by atoms with van der Waals surface area (Å²) < 4.78 is 40.1. The monoisotopic (exact) mass is 493 g/mol. The van der Waals surface area contributed by atoms with Crippen LogP contribution >= 0.6 is 11.8 Å². The van der Waals surface area contributed by atoms with Gasteiger partial charge in [-0.15, -0.1) is 16.9 Å². The lowest BCUT2D eigenvalue weighted by atomic mass is 10.1. The van der Waals surface area contributed by atoms with Gasteiger partial charge < -0.3 is 5.32 Å². The smallest absolute Gasteiger partial charge is 0.341 e. The van der Waals surface area contributed by atoms with E-state index in [2.05, 4.69) is 32.7 Å². The highest BCUT2D eigenvalue weighted by molar-refractivity contribution is 7.98. The second-order valence-corrected chi connectivity index (χ2v) is 8.21. The Kier molecular flexibility index (Phi) is 7.48. The van der Waals surface area contributed by atoms with Crippen molar-refractivity contribution >= 4 is 17.7 Å². The van der Waals surface area contributed by atoms with Crippen LogP contribution in [0.3, 0.4) is 0 Å². The lowest BCUT2D eigenvalue weighted by Gasteiger charge is -2.09. The van der Waals surface area contributed by atoms with E-state index in [0.29, 0.717) is 17.1 Å². The van der Waals surface area contributed by atoms with Crippen LogP contribution in [0.4, 0.5) is 13.2 Å². The van der Waals surface area contributed by atoms with Crippen LogP contribution in [-0.2, 0) is 11.9 Å². The van der Waals surface area contributed by atoms with Crippen molar-refractivity contribution in [3.63, 3.8) is 0 Å². The summed E-state index contributed by atoms with van der Waals surface area (Å²) in [5, 5.41) is 14.6. The van der Waals surface area contributed by atoms with Gasteiger partial charge in [-0.25, -0.2) is 0 Å². The van der Waals surface area contributed by atoms with E-state index >= 15 is 0 Å². The van der Waals surface area contributed by atoms with E-state index in [1.807, 2.05) is 42.5 Å². The summed E-state index contributed by atoms with van der Waals surface area (Å²) in [6, 6.07) is 21.3. The fourth-order valence-corrected chi connectivity index (χ4v) is 4.08. The Hall–Kier alpha value is -4.10. The summed E-state index contributed by atoms with van der Waals surface area (Å²) >= 11 is 1.42. The number of nitrogens with zero attached hydrogens (tertiary/aromatic N) is 4. The fourth-order valence-electron chi connectivity index (χ4n) is 3.13. The van der Waals surface area contributed by atoms with Crippen molar-refractivity contribution in [1.29, 1.82) is 0 Å². The molecular formula is C25H18F3N5OS. The Bertz CT molecular complexity index is 1380. The number of hydrogen-bond donors (Lipinski definition) is 1. The minimum atomic E-state index is -4.43. The third-order valence-corrected chi connectivity index (χ3v) is 5.85. The molecule has 6 nitrogen and oxygen atoms in total. The molecular weight excluding hydrogens is 475 g/mol. The topological polar surface area (TPSA) is 72.7 Å². The Morgan fingerprint density at radius 1 is 1.00 bits per heavy atom. The van der Waals surface area contributed by atoms with Gasteiger partial charge in [0, 0.05) is 10.5 Å². The summed E-state index contributed by atoms with van der Waals surface area (Å²) in [5.74, 6) is 6.07. The molecule has 4 aromatic rings. The molecule has 1 aromatic heterocycles. The Morgan fingerprint density at radius 3 is 2.57 bits per heavy atom. The van der Waals surface area contributed by atoms with Gasteiger partial charge in [-0.2, -0.15) is 17.9 Å². The number of rotatable bonds is 6. The van der Waals surface area contributed by atoms with E-state index in [-0.39, 0.29) is 18.0 Å². The molecule has 1 amide bonds. The molecule has 0 aliphatic rings. The quantitative estimate of drug-likeness (QED) is 0.310. The molecule has 1 heterocycles. The number of carbonyl (C=O) groups is 1. The Morgan fingerprint density at radius 2 is 1.77 bits per heavy atom. The fraction of sp³-hybridized carbons (Fsp3) is 0.120. The molecule has 10 heteroatoms. The lowest BCUT2D eigenvalue weighted by molar-refractivity contribution is -0.137. The molecule has 0 spiro atoms. The first-order valence-electron chi connectivity index (χ1n) is 10.4. The molecule has 0 fully saturated rings. The predicted octanol–water partition coefficient (Wildman–Crippen LogP) is 4.75. The molecule has 1 N–H and O–H groups in total. The van der Waals surface area contributed by atoms with E-state index in [1.165, 1.54) is 23.9 Å². The summed E-state index contributed by atoms with van der Waals surface area (Å²) in [6.07, 6.45) is -4.43. The van der Waals surface area contributed by atoms with Crippen LogP contribution in [0.2, 0.25) is 0 Å². The van der Waals surface area contributed by atoms with E-state index in [4.69, 9.17) is 0 Å². The van der Waals surface area contributed by atoms with E-state index in [9.17, 15) is 18.0 Å². The molecule has 35 heavy (non-hydrogen) atoms. The second kappa shape index (κ2) is 10.9. The normalized spacial score (nSPS) is 10.9. The van der Waals surface area contributed by atoms with Crippen LogP contribution in [0.25, 0.3) is 5.69 Å². The third kappa shape index (κ3) is 6.28. The zero-order valence-corrected chi connectivity index (χ0v) is 19.0. The number of aromatic nitrogens is 4. The van der Waals surface area contributed by atoms with Crippen molar-refractivity contribution < 1.29 is 18.0 Å². The maximum absolute atomic E-state index is 12.8. The molecule has 4 rings (SSSR count). The zero-order chi connectivity index (χ0) is 24.7.